The van der Waals surface area contributed by atoms with Crippen molar-refractivity contribution in [3.8, 4) is 0 Å². The number of esters is 1. The summed E-state index contributed by atoms with van der Waals surface area (Å²) in [6.07, 6.45) is 1.66. The number of hydrogen-bond acceptors (Lipinski definition) is 7. The Kier molecular flexibility index (Phi) is 7.11. The zero-order valence-electron chi connectivity index (χ0n) is 18.5. The quantitative estimate of drug-likeness (QED) is 0.597. The monoisotopic (exact) mass is 511 g/mol. The Labute approximate surface area is 202 Å². The first-order valence-electron chi connectivity index (χ1n) is 10.8. The van der Waals surface area contributed by atoms with Crippen LogP contribution in [-0.4, -0.2) is 62.3 Å². The van der Waals surface area contributed by atoms with Crippen molar-refractivity contribution in [2.45, 2.75) is 43.7 Å². The highest BCUT2D eigenvalue weighted by Gasteiger charge is 2.40. The van der Waals surface area contributed by atoms with Crippen LogP contribution in [0.15, 0.2) is 29.2 Å². The molecule has 0 aliphatic carbocycles. The maximum absolute atomic E-state index is 13.3. The number of benzene rings is 1. The van der Waals surface area contributed by atoms with Gasteiger partial charge in [0.15, 0.2) is 0 Å². The Hall–Kier alpha value is -1.98. The van der Waals surface area contributed by atoms with Gasteiger partial charge in [-0.1, -0.05) is 11.6 Å². The summed E-state index contributed by atoms with van der Waals surface area (Å²) in [4.78, 5) is 29.2. The van der Waals surface area contributed by atoms with Crippen LogP contribution < -0.4 is 5.32 Å². The number of thiophene rings is 1. The lowest BCUT2D eigenvalue weighted by molar-refractivity contribution is -0.119. The third-order valence-electron chi connectivity index (χ3n) is 5.89. The minimum Gasteiger partial charge on any atom is -0.462 e. The largest absolute Gasteiger partial charge is 0.462 e. The first-order valence-corrected chi connectivity index (χ1v) is 13.4. The SMILES string of the molecule is CCOC(=O)c1c(NC(=O)C2CCCN2S(=O)(=O)c2ccc(Cl)cc2)sc2c1CCN(C)C2. The van der Waals surface area contributed by atoms with Crippen LogP contribution in [0.5, 0.6) is 0 Å². The lowest BCUT2D eigenvalue weighted by atomic mass is 10.0. The van der Waals surface area contributed by atoms with Gasteiger partial charge in [0.1, 0.15) is 11.0 Å². The van der Waals surface area contributed by atoms with Crippen LogP contribution in [0.1, 0.15) is 40.6 Å². The van der Waals surface area contributed by atoms with Gasteiger partial charge < -0.3 is 15.0 Å². The second-order valence-corrected chi connectivity index (χ2v) is 11.6. The number of anilines is 1. The number of nitrogens with zero attached hydrogens (tertiary/aromatic N) is 2. The van der Waals surface area contributed by atoms with E-state index in [2.05, 4.69) is 10.2 Å². The van der Waals surface area contributed by atoms with Crippen LogP contribution in [-0.2, 0) is 32.5 Å². The molecule has 1 amide bonds. The third-order valence-corrected chi connectivity index (χ3v) is 9.20. The predicted molar refractivity (Wildman–Crippen MR) is 127 cm³/mol. The van der Waals surface area contributed by atoms with Gasteiger partial charge in [0.05, 0.1) is 17.1 Å². The van der Waals surface area contributed by atoms with E-state index in [-0.39, 0.29) is 18.0 Å². The van der Waals surface area contributed by atoms with Crippen molar-refractivity contribution in [2.75, 3.05) is 32.1 Å². The Morgan fingerprint density at radius 3 is 2.67 bits per heavy atom. The zero-order valence-corrected chi connectivity index (χ0v) is 20.9. The normalized spacial score (nSPS) is 19.3. The number of nitrogens with one attached hydrogen (secondary N) is 1. The van der Waals surface area contributed by atoms with Crippen LogP contribution in [0.25, 0.3) is 0 Å². The average Bonchev–Trinajstić information content (AvgIpc) is 3.39. The summed E-state index contributed by atoms with van der Waals surface area (Å²) < 4.78 is 32.9. The highest BCUT2D eigenvalue weighted by Crippen LogP contribution is 2.38. The van der Waals surface area contributed by atoms with Crippen LogP contribution in [0.3, 0.4) is 0 Å². The summed E-state index contributed by atoms with van der Waals surface area (Å²) >= 11 is 7.25. The van der Waals surface area contributed by atoms with Gasteiger partial charge in [0, 0.05) is 29.5 Å². The summed E-state index contributed by atoms with van der Waals surface area (Å²) in [5.41, 5.74) is 1.30. The summed E-state index contributed by atoms with van der Waals surface area (Å²) in [6, 6.07) is 5.04. The van der Waals surface area contributed by atoms with Crippen molar-refractivity contribution < 1.29 is 22.7 Å². The fourth-order valence-electron chi connectivity index (χ4n) is 4.27. The minimum atomic E-state index is -3.87. The molecule has 0 spiro atoms. The molecule has 0 saturated carbocycles. The molecular weight excluding hydrogens is 486 g/mol. The number of carbonyl (C=O) groups is 2. The summed E-state index contributed by atoms with van der Waals surface area (Å²) in [5, 5.41) is 3.72. The molecule has 1 aromatic carbocycles. The first kappa shape index (κ1) is 24.2. The molecule has 1 aromatic heterocycles. The fraction of sp³-hybridized carbons (Fsp3) is 0.455. The lowest BCUT2D eigenvalue weighted by Crippen LogP contribution is -2.43. The third kappa shape index (κ3) is 4.81. The number of carbonyl (C=O) groups excluding carboxylic acids is 2. The van der Waals surface area contributed by atoms with E-state index in [0.717, 1.165) is 17.0 Å². The number of halogens is 1. The molecule has 1 saturated heterocycles. The van der Waals surface area contributed by atoms with Crippen LogP contribution >= 0.6 is 22.9 Å². The van der Waals surface area contributed by atoms with E-state index in [4.69, 9.17) is 16.3 Å². The lowest BCUT2D eigenvalue weighted by Gasteiger charge is -2.23. The van der Waals surface area contributed by atoms with E-state index in [1.807, 2.05) is 7.05 Å². The van der Waals surface area contributed by atoms with Crippen LogP contribution in [0.4, 0.5) is 5.00 Å². The van der Waals surface area contributed by atoms with E-state index < -0.39 is 27.9 Å². The van der Waals surface area contributed by atoms with E-state index in [1.165, 1.54) is 39.9 Å². The summed E-state index contributed by atoms with van der Waals surface area (Å²) in [5.74, 6) is -0.908. The van der Waals surface area contributed by atoms with Gasteiger partial charge in [-0.2, -0.15) is 4.31 Å². The summed E-state index contributed by atoms with van der Waals surface area (Å²) in [6.45, 7) is 3.70. The number of ether oxygens (including phenoxy) is 1. The molecule has 1 atom stereocenters. The molecule has 2 aliphatic heterocycles. The first-order chi connectivity index (χ1) is 15.7. The summed E-state index contributed by atoms with van der Waals surface area (Å²) in [7, 11) is -1.86. The van der Waals surface area contributed by atoms with Crippen molar-refractivity contribution in [3.63, 3.8) is 0 Å². The second-order valence-electron chi connectivity index (χ2n) is 8.13. The Morgan fingerprint density at radius 2 is 1.97 bits per heavy atom. The minimum absolute atomic E-state index is 0.0911. The van der Waals surface area contributed by atoms with Gasteiger partial charge in [-0.3, -0.25) is 4.79 Å². The molecule has 33 heavy (non-hydrogen) atoms. The molecule has 178 valence electrons. The van der Waals surface area contributed by atoms with Crippen molar-refractivity contribution in [1.82, 2.24) is 9.21 Å². The smallest absolute Gasteiger partial charge is 0.341 e. The van der Waals surface area contributed by atoms with E-state index in [9.17, 15) is 18.0 Å². The molecule has 1 N–H and O–H groups in total. The van der Waals surface area contributed by atoms with Crippen molar-refractivity contribution >= 4 is 49.8 Å². The molecule has 2 aliphatic rings. The molecule has 1 unspecified atom stereocenters. The molecule has 11 heteroatoms. The van der Waals surface area contributed by atoms with Gasteiger partial charge >= 0.3 is 5.97 Å². The van der Waals surface area contributed by atoms with Crippen LogP contribution in [0, 0.1) is 0 Å². The molecule has 8 nitrogen and oxygen atoms in total. The number of sulfonamides is 1. The van der Waals surface area contributed by atoms with Crippen molar-refractivity contribution in [1.29, 1.82) is 0 Å². The number of hydrogen-bond donors (Lipinski definition) is 1. The average molecular weight is 512 g/mol. The maximum atomic E-state index is 13.3. The molecule has 0 radical (unpaired) electrons. The van der Waals surface area contributed by atoms with Gasteiger partial charge in [-0.15, -0.1) is 11.3 Å². The standard InChI is InChI=1S/C22H26ClN3O5S2/c1-3-31-22(28)19-16-10-12-25(2)13-18(16)32-21(19)24-20(27)17-5-4-11-26(17)33(29,30)15-8-6-14(23)7-9-15/h6-9,17H,3-5,10-13H2,1-2H3,(H,24,27). The number of amides is 1. The highest BCUT2D eigenvalue weighted by atomic mass is 35.5. The fourth-order valence-corrected chi connectivity index (χ4v) is 7.37. The molecular formula is C22H26ClN3O5S2. The van der Waals surface area contributed by atoms with Crippen molar-refractivity contribution in [2.24, 2.45) is 0 Å². The number of fused-ring (bicyclic) bond motifs is 1. The molecule has 2 aromatic rings. The van der Waals surface area contributed by atoms with Gasteiger partial charge in [-0.05, 0) is 63.1 Å². The zero-order chi connectivity index (χ0) is 23.8. The highest BCUT2D eigenvalue weighted by molar-refractivity contribution is 7.89. The topological polar surface area (TPSA) is 96.0 Å². The predicted octanol–water partition coefficient (Wildman–Crippen LogP) is 3.36. The molecule has 0 bridgehead atoms. The molecule has 3 heterocycles. The Bertz CT molecular complexity index is 1160. The number of likely N-dealkylation sites (N-methyl/N-ethyl adjacent to an activating group) is 1. The Balaban J connectivity index is 1.61. The van der Waals surface area contributed by atoms with E-state index in [1.54, 1.807) is 6.92 Å². The molecule has 1 fully saturated rings. The van der Waals surface area contributed by atoms with Gasteiger partial charge in [-0.25, -0.2) is 13.2 Å². The Morgan fingerprint density at radius 1 is 1.24 bits per heavy atom. The van der Waals surface area contributed by atoms with Gasteiger partial charge in [0.25, 0.3) is 0 Å². The maximum Gasteiger partial charge on any atom is 0.341 e. The van der Waals surface area contributed by atoms with Gasteiger partial charge in [0.2, 0.25) is 15.9 Å². The second kappa shape index (κ2) is 9.71. The van der Waals surface area contributed by atoms with Crippen LogP contribution in [0.2, 0.25) is 5.02 Å². The van der Waals surface area contributed by atoms with E-state index >= 15 is 0 Å². The van der Waals surface area contributed by atoms with Crippen molar-refractivity contribution in [3.05, 3.63) is 45.3 Å². The number of rotatable bonds is 6. The molecule has 4 rings (SSSR count). The van der Waals surface area contributed by atoms with E-state index in [0.29, 0.717) is 41.4 Å².